The summed E-state index contributed by atoms with van der Waals surface area (Å²) in [7, 11) is -4.15. The molecule has 236 valence electrons. The lowest BCUT2D eigenvalue weighted by Crippen LogP contribution is -2.54. The van der Waals surface area contributed by atoms with Crippen molar-refractivity contribution in [1.82, 2.24) is 10.2 Å². The monoisotopic (exact) mass is 645 g/mol. The second-order valence-corrected chi connectivity index (χ2v) is 13.6. The van der Waals surface area contributed by atoms with E-state index in [1.807, 2.05) is 64.1 Å². The number of sulfonamides is 1. The van der Waals surface area contributed by atoms with Crippen LogP contribution >= 0.6 is 11.6 Å². The van der Waals surface area contributed by atoms with Gasteiger partial charge in [0.1, 0.15) is 12.6 Å². The van der Waals surface area contributed by atoms with Crippen LogP contribution in [0.4, 0.5) is 5.69 Å². The summed E-state index contributed by atoms with van der Waals surface area (Å²) in [5.74, 6) is -0.816. The number of benzene rings is 4. The van der Waals surface area contributed by atoms with E-state index in [4.69, 9.17) is 11.6 Å². The van der Waals surface area contributed by atoms with Gasteiger partial charge in [0.15, 0.2) is 0 Å². The average molecular weight is 646 g/mol. The predicted molar refractivity (Wildman–Crippen MR) is 181 cm³/mol. The highest BCUT2D eigenvalue weighted by atomic mass is 35.5. The molecule has 4 aromatic rings. The van der Waals surface area contributed by atoms with Gasteiger partial charge >= 0.3 is 0 Å². The number of carbonyl (C=O) groups is 2. The maximum atomic E-state index is 14.6. The lowest BCUT2D eigenvalue weighted by molar-refractivity contribution is -0.140. The Kier molecular flexibility index (Phi) is 11.4. The van der Waals surface area contributed by atoms with E-state index in [-0.39, 0.29) is 29.8 Å². The van der Waals surface area contributed by atoms with Gasteiger partial charge in [-0.2, -0.15) is 0 Å². The summed E-state index contributed by atoms with van der Waals surface area (Å²) in [5.41, 5.74) is 3.72. The minimum absolute atomic E-state index is 0.0663. The highest BCUT2D eigenvalue weighted by Gasteiger charge is 2.35. The van der Waals surface area contributed by atoms with E-state index < -0.39 is 28.5 Å². The number of hydrogen-bond donors (Lipinski definition) is 1. The molecule has 0 bridgehead atoms. The third-order valence-electron chi connectivity index (χ3n) is 7.64. The molecule has 9 heteroatoms. The van der Waals surface area contributed by atoms with Crippen molar-refractivity contribution in [2.45, 2.75) is 64.1 Å². The first kappa shape index (κ1) is 33.7. The number of aryl methyl sites for hydroxylation is 2. The molecule has 0 aliphatic carbocycles. The van der Waals surface area contributed by atoms with E-state index >= 15 is 0 Å². The summed E-state index contributed by atoms with van der Waals surface area (Å²) in [5, 5.41) is 3.59. The smallest absolute Gasteiger partial charge is 0.264 e. The molecule has 0 radical (unpaired) electrons. The fourth-order valence-corrected chi connectivity index (χ4v) is 6.67. The van der Waals surface area contributed by atoms with E-state index in [0.717, 1.165) is 26.6 Å². The molecule has 4 aromatic carbocycles. The maximum absolute atomic E-state index is 14.6. The zero-order valence-electron chi connectivity index (χ0n) is 26.1. The van der Waals surface area contributed by atoms with Crippen molar-refractivity contribution in [2.24, 2.45) is 0 Å². The van der Waals surface area contributed by atoms with E-state index in [2.05, 4.69) is 5.32 Å². The average Bonchev–Trinajstić information content (AvgIpc) is 3.02. The van der Waals surface area contributed by atoms with Crippen LogP contribution < -0.4 is 9.62 Å². The van der Waals surface area contributed by atoms with E-state index in [1.165, 1.54) is 17.0 Å². The number of amides is 2. The Morgan fingerprint density at radius 2 is 1.40 bits per heavy atom. The third kappa shape index (κ3) is 8.96. The van der Waals surface area contributed by atoms with Crippen molar-refractivity contribution < 1.29 is 18.0 Å². The molecular weight excluding hydrogens is 606 g/mol. The molecule has 7 nitrogen and oxygen atoms in total. The lowest BCUT2D eigenvalue weighted by atomic mass is 10.0. The Bertz CT molecular complexity index is 1680. The van der Waals surface area contributed by atoms with Gasteiger partial charge < -0.3 is 10.2 Å². The van der Waals surface area contributed by atoms with Crippen LogP contribution in [-0.4, -0.2) is 43.8 Å². The van der Waals surface area contributed by atoms with Crippen LogP contribution in [0.15, 0.2) is 108 Å². The Balaban J connectivity index is 1.82. The van der Waals surface area contributed by atoms with Crippen molar-refractivity contribution in [3.8, 4) is 0 Å². The quantitative estimate of drug-likeness (QED) is 0.175. The van der Waals surface area contributed by atoms with Gasteiger partial charge in [0, 0.05) is 24.0 Å². The van der Waals surface area contributed by atoms with Gasteiger partial charge in [-0.15, -0.1) is 0 Å². The fourth-order valence-electron chi connectivity index (χ4n) is 5.12. The molecule has 0 saturated heterocycles. The minimum atomic E-state index is -4.15. The molecule has 4 rings (SSSR count). The minimum Gasteiger partial charge on any atom is -0.352 e. The summed E-state index contributed by atoms with van der Waals surface area (Å²) < 4.78 is 29.4. The van der Waals surface area contributed by atoms with Gasteiger partial charge in [0.2, 0.25) is 11.8 Å². The molecule has 0 aliphatic heterocycles. The van der Waals surface area contributed by atoms with E-state index in [9.17, 15) is 18.0 Å². The number of halogens is 1. The molecule has 0 aromatic heterocycles. The van der Waals surface area contributed by atoms with Crippen LogP contribution in [-0.2, 0) is 32.6 Å². The third-order valence-corrected chi connectivity index (χ3v) is 9.68. The Hall–Kier alpha value is -4.14. The second-order valence-electron chi connectivity index (χ2n) is 11.3. The molecular formula is C36H40ClN3O4S. The molecule has 0 spiro atoms. The van der Waals surface area contributed by atoms with Gasteiger partial charge in [-0.05, 0) is 85.8 Å². The van der Waals surface area contributed by atoms with Gasteiger partial charge in [-0.25, -0.2) is 8.42 Å². The van der Waals surface area contributed by atoms with Crippen molar-refractivity contribution in [3.05, 3.63) is 130 Å². The maximum Gasteiger partial charge on any atom is 0.264 e. The summed E-state index contributed by atoms with van der Waals surface area (Å²) in [4.78, 5) is 30.0. The van der Waals surface area contributed by atoms with Crippen molar-refractivity contribution in [1.29, 1.82) is 0 Å². The van der Waals surface area contributed by atoms with Crippen LogP contribution in [0.5, 0.6) is 0 Å². The zero-order valence-corrected chi connectivity index (χ0v) is 27.7. The first-order valence-electron chi connectivity index (χ1n) is 15.0. The number of nitrogens with one attached hydrogen (secondary N) is 1. The fraction of sp³-hybridized carbons (Fsp3) is 0.278. The highest BCUT2D eigenvalue weighted by molar-refractivity contribution is 7.92. The molecule has 0 heterocycles. The van der Waals surface area contributed by atoms with Gasteiger partial charge in [-0.3, -0.25) is 13.9 Å². The summed E-state index contributed by atoms with van der Waals surface area (Å²) in [6, 6.07) is 29.0. The molecule has 0 aliphatic rings. The Labute approximate surface area is 271 Å². The first-order valence-corrected chi connectivity index (χ1v) is 16.8. The predicted octanol–water partition coefficient (Wildman–Crippen LogP) is 6.71. The molecule has 1 N–H and O–H groups in total. The number of rotatable bonds is 13. The number of carbonyl (C=O) groups excluding carboxylic acids is 2. The highest BCUT2D eigenvalue weighted by Crippen LogP contribution is 2.27. The number of nitrogens with zero attached hydrogens (tertiary/aromatic N) is 2. The van der Waals surface area contributed by atoms with Crippen molar-refractivity contribution >= 4 is 39.1 Å². The zero-order chi connectivity index (χ0) is 32.6. The van der Waals surface area contributed by atoms with Crippen LogP contribution in [0.3, 0.4) is 0 Å². The van der Waals surface area contributed by atoms with Crippen molar-refractivity contribution in [2.75, 3.05) is 10.8 Å². The molecule has 2 atom stereocenters. The summed E-state index contributed by atoms with van der Waals surface area (Å²) in [6.07, 6.45) is 0.960. The standard InChI is InChI=1S/C36H40ClN3O4S/c1-5-28(4)38-36(42)34(23-29-12-8-6-9-13-29)39(24-30-16-18-31(37)19-17-30)35(41)25-40(32-21-26(2)20-27(3)22-32)45(43,44)33-14-10-7-11-15-33/h6-22,28,34H,5,23-25H2,1-4H3,(H,38,42)/t28-,34+/m0/s1. The topological polar surface area (TPSA) is 86.8 Å². The Morgan fingerprint density at radius 3 is 1.98 bits per heavy atom. The van der Waals surface area contributed by atoms with Crippen LogP contribution in [0, 0.1) is 13.8 Å². The van der Waals surface area contributed by atoms with Gasteiger partial charge in [0.05, 0.1) is 10.6 Å². The van der Waals surface area contributed by atoms with Crippen LogP contribution in [0.2, 0.25) is 5.02 Å². The van der Waals surface area contributed by atoms with Gasteiger partial charge in [0.25, 0.3) is 10.0 Å². The summed E-state index contributed by atoms with van der Waals surface area (Å²) in [6.45, 7) is 7.23. The number of hydrogen-bond acceptors (Lipinski definition) is 4. The van der Waals surface area contributed by atoms with E-state index in [0.29, 0.717) is 17.1 Å². The van der Waals surface area contributed by atoms with Gasteiger partial charge in [-0.1, -0.05) is 85.3 Å². The van der Waals surface area contributed by atoms with Crippen LogP contribution in [0.25, 0.3) is 0 Å². The van der Waals surface area contributed by atoms with E-state index in [1.54, 1.807) is 54.6 Å². The first-order chi connectivity index (χ1) is 21.5. The SMILES string of the molecule is CC[C@H](C)NC(=O)[C@@H](Cc1ccccc1)N(Cc1ccc(Cl)cc1)C(=O)CN(c1cc(C)cc(C)c1)S(=O)(=O)c1ccccc1. The molecule has 2 amide bonds. The second kappa shape index (κ2) is 15.2. The molecule has 0 fully saturated rings. The van der Waals surface area contributed by atoms with Crippen LogP contribution in [0.1, 0.15) is 42.5 Å². The molecule has 0 unspecified atom stereocenters. The van der Waals surface area contributed by atoms with Crippen molar-refractivity contribution in [3.63, 3.8) is 0 Å². The lowest BCUT2D eigenvalue weighted by Gasteiger charge is -2.34. The normalized spacial score (nSPS) is 12.6. The molecule has 45 heavy (non-hydrogen) atoms. The Morgan fingerprint density at radius 1 is 0.822 bits per heavy atom. The number of anilines is 1. The summed E-state index contributed by atoms with van der Waals surface area (Å²) >= 11 is 6.16. The largest absolute Gasteiger partial charge is 0.352 e. The molecule has 0 saturated carbocycles.